The van der Waals surface area contributed by atoms with E-state index in [0.29, 0.717) is 105 Å². The number of carboxylic acid groups (broad SMARTS) is 1. The lowest BCUT2D eigenvalue weighted by atomic mass is 9.99. The number of hydrogen-bond acceptors (Lipinski definition) is 10. The molecule has 0 bridgehead atoms. The minimum absolute atomic E-state index is 0.0136. The molecular weight excluding hydrogens is 723 g/mol. The summed E-state index contributed by atoms with van der Waals surface area (Å²) in [5.41, 5.74) is 4.69. The van der Waals surface area contributed by atoms with Crippen LogP contribution in [-0.2, 0) is 17.9 Å². The van der Waals surface area contributed by atoms with Crippen LogP contribution in [-0.4, -0.2) is 103 Å². The van der Waals surface area contributed by atoms with Crippen molar-refractivity contribution in [2.75, 3.05) is 33.9 Å². The maximum Gasteiger partial charge on any atom is 0.407 e. The average Bonchev–Trinajstić information content (AvgIpc) is 3.56. The summed E-state index contributed by atoms with van der Waals surface area (Å²) in [4.78, 5) is 41.2. The number of aromatic nitrogens is 5. The molecule has 0 radical (unpaired) electrons. The first kappa shape index (κ1) is 37.7. The lowest BCUT2D eigenvalue weighted by molar-refractivity contribution is -0.130. The van der Waals surface area contributed by atoms with Gasteiger partial charge >= 0.3 is 6.09 Å². The number of hydrogen-bond donors (Lipinski definition) is 3. The van der Waals surface area contributed by atoms with Gasteiger partial charge in [0.25, 0.3) is 0 Å². The summed E-state index contributed by atoms with van der Waals surface area (Å²) in [5.74, 6) is 1.27. The highest BCUT2D eigenvalue weighted by atomic mass is 35.5. The molecule has 0 spiro atoms. The summed E-state index contributed by atoms with van der Waals surface area (Å²) in [5, 5.41) is 28.1. The van der Waals surface area contributed by atoms with Crippen LogP contribution in [0.1, 0.15) is 38.1 Å². The van der Waals surface area contributed by atoms with E-state index in [1.807, 2.05) is 18.2 Å². The summed E-state index contributed by atoms with van der Waals surface area (Å²) in [7, 11) is 3.04. The van der Waals surface area contributed by atoms with Gasteiger partial charge in [-0.05, 0) is 44.0 Å². The Morgan fingerprint density at radius 3 is 2.45 bits per heavy atom. The zero-order valence-electron chi connectivity index (χ0n) is 29.7. The fourth-order valence-electron chi connectivity index (χ4n) is 6.48. The van der Waals surface area contributed by atoms with Crippen LogP contribution in [0.25, 0.3) is 39.3 Å². The smallest absolute Gasteiger partial charge is 0.407 e. The third-order valence-corrected chi connectivity index (χ3v) is 9.97. The van der Waals surface area contributed by atoms with Gasteiger partial charge in [0.15, 0.2) is 17.2 Å². The number of methoxy groups -OCH3 is 2. The monoisotopic (exact) mass is 762 g/mol. The van der Waals surface area contributed by atoms with Crippen LogP contribution < -0.4 is 14.8 Å². The predicted molar refractivity (Wildman–Crippen MR) is 200 cm³/mol. The highest BCUT2D eigenvalue weighted by Crippen LogP contribution is 2.42. The standard InChI is InChI=1S/C37H40Cl2N8O6/c1-21(48)17-40-18-31-43-35-30(52-3)16-24(20-47(35)44-31)34-33(39)27(10-13-41-34)26-6-5-7-28(32(26)38)29-9-8-23(36(42-29)53-4)19-46(37(50)51)25-11-14-45(15-12-25)22(2)49/h5-10,13,16,20-21,25,40,48H,11-12,14-15,17-19H2,1-4H3,(H,50,51). The second-order valence-electron chi connectivity index (χ2n) is 12.8. The quantitative estimate of drug-likeness (QED) is 0.140. The van der Waals surface area contributed by atoms with Crippen molar-refractivity contribution in [3.63, 3.8) is 0 Å². The number of benzene rings is 1. The molecular formula is C37H40Cl2N8O6. The number of nitrogens with one attached hydrogen (secondary N) is 1. The van der Waals surface area contributed by atoms with Gasteiger partial charge in [-0.3, -0.25) is 9.78 Å². The van der Waals surface area contributed by atoms with Crippen LogP contribution >= 0.6 is 23.2 Å². The van der Waals surface area contributed by atoms with E-state index in [-0.39, 0.29) is 24.4 Å². The Balaban J connectivity index is 1.29. The van der Waals surface area contributed by atoms with E-state index < -0.39 is 12.2 Å². The normalized spacial score (nSPS) is 14.0. The molecule has 1 atom stereocenters. The number of carbonyl (C=O) groups is 2. The first-order chi connectivity index (χ1) is 25.5. The third-order valence-electron chi connectivity index (χ3n) is 9.18. The molecule has 1 aromatic carbocycles. The lowest BCUT2D eigenvalue weighted by Crippen LogP contribution is -2.47. The summed E-state index contributed by atoms with van der Waals surface area (Å²) in [6, 6.07) is 12.5. The largest absolute Gasteiger partial charge is 0.493 e. The number of amides is 2. The number of nitrogens with zero attached hydrogens (tertiary/aromatic N) is 7. The predicted octanol–water partition coefficient (Wildman–Crippen LogP) is 5.81. The number of aliphatic hydroxyl groups excluding tert-OH is 1. The van der Waals surface area contributed by atoms with Crippen molar-refractivity contribution in [3.05, 3.63) is 76.3 Å². The highest BCUT2D eigenvalue weighted by molar-refractivity contribution is 6.39. The van der Waals surface area contributed by atoms with E-state index >= 15 is 0 Å². The second-order valence-corrected chi connectivity index (χ2v) is 13.5. The van der Waals surface area contributed by atoms with Crippen LogP contribution in [0, 0.1) is 0 Å². The number of aliphatic hydroxyl groups is 1. The highest BCUT2D eigenvalue weighted by Gasteiger charge is 2.30. The molecule has 5 aromatic rings. The van der Waals surface area contributed by atoms with E-state index in [9.17, 15) is 19.8 Å². The molecule has 1 aliphatic heterocycles. The molecule has 1 aliphatic rings. The lowest BCUT2D eigenvalue weighted by Gasteiger charge is -2.37. The molecule has 1 saturated heterocycles. The van der Waals surface area contributed by atoms with Gasteiger partial charge in [0.05, 0.1) is 54.8 Å². The van der Waals surface area contributed by atoms with E-state index in [0.717, 1.165) is 0 Å². The SMILES string of the molecule is COc1nc(-c2cccc(-c3ccnc(-c4cc(OC)c5nc(CNCC(C)O)nn5c4)c3Cl)c2Cl)ccc1CN(C(=O)O)C1CCN(C(C)=O)CC1. The molecule has 1 fully saturated rings. The van der Waals surface area contributed by atoms with Gasteiger partial charge in [0, 0.05) is 72.8 Å². The number of pyridine rings is 3. The van der Waals surface area contributed by atoms with Gasteiger partial charge in [-0.25, -0.2) is 19.3 Å². The molecule has 4 aromatic heterocycles. The number of ether oxygens (including phenoxy) is 2. The topological polar surface area (TPSA) is 168 Å². The molecule has 0 saturated carbocycles. The van der Waals surface area contributed by atoms with Crippen LogP contribution in [0.5, 0.6) is 11.6 Å². The van der Waals surface area contributed by atoms with E-state index in [4.69, 9.17) is 37.7 Å². The van der Waals surface area contributed by atoms with Gasteiger partial charge in [-0.15, -0.1) is 5.10 Å². The molecule has 16 heteroatoms. The van der Waals surface area contributed by atoms with Crippen LogP contribution in [0.2, 0.25) is 10.0 Å². The van der Waals surface area contributed by atoms with E-state index in [1.165, 1.54) is 18.9 Å². The van der Waals surface area contributed by atoms with Crippen molar-refractivity contribution in [1.82, 2.24) is 39.7 Å². The van der Waals surface area contributed by atoms with E-state index in [2.05, 4.69) is 20.4 Å². The number of halogens is 2. The number of fused-ring (bicyclic) bond motifs is 1. The molecule has 6 rings (SSSR count). The fraction of sp³-hybridized carbons (Fsp3) is 0.351. The second kappa shape index (κ2) is 16.3. The minimum atomic E-state index is -1.05. The van der Waals surface area contributed by atoms with Gasteiger partial charge in [-0.1, -0.05) is 41.4 Å². The zero-order valence-corrected chi connectivity index (χ0v) is 31.2. The summed E-state index contributed by atoms with van der Waals surface area (Å²) in [6.07, 6.45) is 2.98. The molecule has 53 heavy (non-hydrogen) atoms. The molecule has 14 nitrogen and oxygen atoms in total. The van der Waals surface area contributed by atoms with Crippen LogP contribution in [0.15, 0.2) is 54.9 Å². The molecule has 5 heterocycles. The Morgan fingerprint density at radius 2 is 1.77 bits per heavy atom. The van der Waals surface area contributed by atoms with Gasteiger partial charge in [0.2, 0.25) is 11.8 Å². The number of likely N-dealkylation sites (tertiary alicyclic amines) is 1. The number of piperidine rings is 1. The number of carbonyl (C=O) groups excluding carboxylic acids is 1. The van der Waals surface area contributed by atoms with Crippen molar-refractivity contribution in [3.8, 4) is 45.3 Å². The van der Waals surface area contributed by atoms with Gasteiger partial charge in [0.1, 0.15) is 0 Å². The molecule has 0 aliphatic carbocycles. The van der Waals surface area contributed by atoms with Gasteiger partial charge < -0.3 is 34.8 Å². The minimum Gasteiger partial charge on any atom is -0.493 e. The van der Waals surface area contributed by atoms with Crippen LogP contribution in [0.4, 0.5) is 4.79 Å². The maximum atomic E-state index is 12.3. The summed E-state index contributed by atoms with van der Waals surface area (Å²) >= 11 is 14.2. The summed E-state index contributed by atoms with van der Waals surface area (Å²) in [6.45, 7) is 5.07. The average molecular weight is 764 g/mol. The fourth-order valence-corrected chi connectivity index (χ4v) is 7.13. The number of rotatable bonds is 12. The first-order valence-corrected chi connectivity index (χ1v) is 17.8. The van der Waals surface area contributed by atoms with Crippen molar-refractivity contribution >= 4 is 40.8 Å². The van der Waals surface area contributed by atoms with Crippen molar-refractivity contribution in [1.29, 1.82) is 0 Å². The van der Waals surface area contributed by atoms with Crippen LogP contribution in [0.3, 0.4) is 0 Å². The molecule has 2 amide bonds. The summed E-state index contributed by atoms with van der Waals surface area (Å²) < 4.78 is 12.9. The zero-order chi connectivity index (χ0) is 37.8. The Bertz CT molecular complexity index is 2140. The van der Waals surface area contributed by atoms with Crippen molar-refractivity contribution in [2.45, 2.75) is 51.9 Å². The first-order valence-electron chi connectivity index (χ1n) is 17.0. The Hall–Kier alpha value is -5.02. The van der Waals surface area contributed by atoms with E-state index in [1.54, 1.807) is 60.1 Å². The maximum absolute atomic E-state index is 12.3. The molecule has 1 unspecified atom stereocenters. The Morgan fingerprint density at radius 1 is 1.04 bits per heavy atom. The van der Waals surface area contributed by atoms with Gasteiger partial charge in [-0.2, -0.15) is 0 Å². The molecule has 278 valence electrons. The Labute approximate surface area is 316 Å². The third kappa shape index (κ3) is 8.15. The Kier molecular flexibility index (Phi) is 11.6. The van der Waals surface area contributed by atoms with Crippen molar-refractivity contribution in [2.24, 2.45) is 0 Å². The molecule has 3 N–H and O–H groups in total. The van der Waals surface area contributed by atoms with Crippen molar-refractivity contribution < 1.29 is 29.3 Å².